The summed E-state index contributed by atoms with van der Waals surface area (Å²) in [6, 6.07) is 12.8. The predicted molar refractivity (Wildman–Crippen MR) is 101 cm³/mol. The number of nitrogens with zero attached hydrogens (tertiary/aromatic N) is 4. The summed E-state index contributed by atoms with van der Waals surface area (Å²) >= 11 is 5.81. The van der Waals surface area contributed by atoms with Gasteiger partial charge >= 0.3 is 0 Å². The number of ketones is 1. The largest absolute Gasteiger partial charge is 0.396 e. The number of nitriles is 1. The summed E-state index contributed by atoms with van der Waals surface area (Å²) in [4.78, 5) is 36.0. The van der Waals surface area contributed by atoms with E-state index in [1.165, 1.54) is 48.5 Å². The summed E-state index contributed by atoms with van der Waals surface area (Å²) in [6.07, 6.45) is 0. The van der Waals surface area contributed by atoms with E-state index in [2.05, 4.69) is 5.10 Å². The molecule has 3 rings (SSSR count). The molecule has 28 heavy (non-hydrogen) atoms. The number of carbonyl (C=O) groups is 1. The maximum Gasteiger partial charge on any atom is 0.295 e. The minimum atomic E-state index is -0.970. The van der Waals surface area contributed by atoms with Crippen molar-refractivity contribution in [3.05, 3.63) is 90.8 Å². The Morgan fingerprint density at radius 2 is 1.86 bits per heavy atom. The minimum Gasteiger partial charge on any atom is -0.396 e. The highest BCUT2D eigenvalue weighted by molar-refractivity contribution is 6.30. The quantitative estimate of drug-likeness (QED) is 0.405. The Morgan fingerprint density at radius 3 is 2.46 bits per heavy atom. The molecule has 2 aromatic carbocycles. The van der Waals surface area contributed by atoms with Gasteiger partial charge in [-0.25, -0.2) is 0 Å². The van der Waals surface area contributed by atoms with Gasteiger partial charge in [-0.1, -0.05) is 23.7 Å². The Hall–Kier alpha value is -4.03. The van der Waals surface area contributed by atoms with Crippen molar-refractivity contribution in [1.29, 1.82) is 5.26 Å². The van der Waals surface area contributed by atoms with Crippen molar-refractivity contribution in [2.45, 2.75) is 0 Å². The van der Waals surface area contributed by atoms with Gasteiger partial charge in [-0.05, 0) is 30.3 Å². The molecular weight excluding hydrogens is 386 g/mol. The Kier molecular flexibility index (Phi) is 4.89. The molecular formula is C18H10ClN5O4. The number of hydrogen-bond acceptors (Lipinski definition) is 7. The molecule has 2 N–H and O–H groups in total. The van der Waals surface area contributed by atoms with Crippen LogP contribution < -0.4 is 11.3 Å². The fourth-order valence-electron chi connectivity index (χ4n) is 2.51. The minimum absolute atomic E-state index is 0.167. The van der Waals surface area contributed by atoms with Crippen LogP contribution in [0, 0.1) is 21.4 Å². The first-order chi connectivity index (χ1) is 13.3. The van der Waals surface area contributed by atoms with E-state index in [1.54, 1.807) is 6.07 Å². The van der Waals surface area contributed by atoms with E-state index in [4.69, 9.17) is 17.3 Å². The summed E-state index contributed by atoms with van der Waals surface area (Å²) in [5.41, 5.74) is 3.09. The normalized spacial score (nSPS) is 10.3. The van der Waals surface area contributed by atoms with Crippen LogP contribution in [0.15, 0.2) is 53.3 Å². The number of halogens is 1. The van der Waals surface area contributed by atoms with Gasteiger partial charge in [0, 0.05) is 16.7 Å². The van der Waals surface area contributed by atoms with Gasteiger partial charge in [0.05, 0.1) is 10.6 Å². The molecule has 0 aliphatic heterocycles. The second kappa shape index (κ2) is 7.30. The molecule has 0 saturated heterocycles. The van der Waals surface area contributed by atoms with Crippen LogP contribution in [0.3, 0.4) is 0 Å². The van der Waals surface area contributed by atoms with Crippen molar-refractivity contribution in [3.8, 4) is 11.8 Å². The zero-order valence-electron chi connectivity index (χ0n) is 14.0. The average molecular weight is 396 g/mol. The number of nitrogen functional groups attached to an aromatic ring is 1. The lowest BCUT2D eigenvalue weighted by atomic mass is 10.1. The molecule has 0 bridgehead atoms. The highest BCUT2D eigenvalue weighted by Gasteiger charge is 2.25. The first-order valence-corrected chi connectivity index (χ1v) is 8.10. The van der Waals surface area contributed by atoms with Gasteiger partial charge in [0.25, 0.3) is 11.2 Å². The van der Waals surface area contributed by atoms with Gasteiger partial charge < -0.3 is 5.73 Å². The Morgan fingerprint density at radius 1 is 1.21 bits per heavy atom. The van der Waals surface area contributed by atoms with Crippen LogP contribution in [0.5, 0.6) is 0 Å². The Labute approximate surface area is 162 Å². The predicted octanol–water partition coefficient (Wildman–Crippen LogP) is 2.48. The van der Waals surface area contributed by atoms with E-state index in [-0.39, 0.29) is 16.9 Å². The van der Waals surface area contributed by atoms with E-state index in [9.17, 15) is 25.0 Å². The summed E-state index contributed by atoms with van der Waals surface area (Å²) in [7, 11) is 0. The third kappa shape index (κ3) is 3.20. The summed E-state index contributed by atoms with van der Waals surface area (Å²) in [5.74, 6) is -0.669. The standard InChI is InChI=1S/C18H10ClN5O4/c19-11-7-5-10(6-8-11)17(25)16-15(21)12(9-20)18(26)23(22-16)13-3-1-2-4-14(13)24(27)28/h1-8H,21H2. The number of para-hydroxylation sites is 2. The molecule has 0 radical (unpaired) electrons. The van der Waals surface area contributed by atoms with Crippen LogP contribution in [0.1, 0.15) is 21.6 Å². The maximum atomic E-state index is 12.8. The second-order valence-electron chi connectivity index (χ2n) is 5.55. The SMILES string of the molecule is N#Cc1c(N)c(C(=O)c2ccc(Cl)cc2)nn(-c2ccccc2[N+](=O)[O-])c1=O. The summed E-state index contributed by atoms with van der Waals surface area (Å²) < 4.78 is 0.635. The first kappa shape index (κ1) is 18.8. The molecule has 10 heteroatoms. The van der Waals surface area contributed by atoms with Gasteiger partial charge in [0.15, 0.2) is 5.69 Å². The monoisotopic (exact) mass is 395 g/mol. The highest BCUT2D eigenvalue weighted by Crippen LogP contribution is 2.23. The van der Waals surface area contributed by atoms with Crippen LogP contribution >= 0.6 is 11.6 Å². The molecule has 0 saturated carbocycles. The smallest absolute Gasteiger partial charge is 0.295 e. The highest BCUT2D eigenvalue weighted by atomic mass is 35.5. The molecule has 0 aliphatic carbocycles. The Bertz CT molecular complexity index is 1210. The van der Waals surface area contributed by atoms with Gasteiger partial charge in [0.1, 0.15) is 17.3 Å². The number of rotatable bonds is 4. The van der Waals surface area contributed by atoms with E-state index < -0.39 is 33.2 Å². The van der Waals surface area contributed by atoms with Crippen molar-refractivity contribution in [3.63, 3.8) is 0 Å². The van der Waals surface area contributed by atoms with Crippen LogP contribution in [-0.4, -0.2) is 20.5 Å². The number of aromatic nitrogens is 2. The van der Waals surface area contributed by atoms with Gasteiger partial charge in [0.2, 0.25) is 5.78 Å². The van der Waals surface area contributed by atoms with Crippen molar-refractivity contribution in [2.24, 2.45) is 0 Å². The molecule has 0 amide bonds. The molecule has 1 heterocycles. The number of nitro groups is 1. The van der Waals surface area contributed by atoms with E-state index in [0.717, 1.165) is 0 Å². The van der Waals surface area contributed by atoms with Crippen LogP contribution in [0.2, 0.25) is 5.02 Å². The lowest BCUT2D eigenvalue weighted by Gasteiger charge is -2.11. The summed E-state index contributed by atoms with van der Waals surface area (Å²) in [5, 5.41) is 25.0. The van der Waals surface area contributed by atoms with Crippen LogP contribution in [0.4, 0.5) is 11.4 Å². The number of anilines is 1. The van der Waals surface area contributed by atoms with Crippen molar-refractivity contribution < 1.29 is 9.72 Å². The fraction of sp³-hybridized carbons (Fsp3) is 0. The fourth-order valence-corrected chi connectivity index (χ4v) is 2.64. The van der Waals surface area contributed by atoms with Crippen LogP contribution in [-0.2, 0) is 0 Å². The van der Waals surface area contributed by atoms with E-state index >= 15 is 0 Å². The van der Waals surface area contributed by atoms with E-state index in [0.29, 0.717) is 9.70 Å². The number of nitro benzene ring substituents is 1. The number of benzene rings is 2. The average Bonchev–Trinajstić information content (AvgIpc) is 2.68. The van der Waals surface area contributed by atoms with Gasteiger partial charge in [-0.2, -0.15) is 15.0 Å². The molecule has 0 spiro atoms. The van der Waals surface area contributed by atoms with Gasteiger partial charge in [-0.3, -0.25) is 19.7 Å². The molecule has 0 atom stereocenters. The molecule has 0 aliphatic rings. The first-order valence-electron chi connectivity index (χ1n) is 7.72. The molecule has 0 unspecified atom stereocenters. The topological polar surface area (TPSA) is 145 Å². The Balaban J connectivity index is 2.30. The molecule has 1 aromatic heterocycles. The third-order valence-electron chi connectivity index (χ3n) is 3.87. The molecule has 3 aromatic rings. The molecule has 9 nitrogen and oxygen atoms in total. The second-order valence-corrected chi connectivity index (χ2v) is 5.98. The van der Waals surface area contributed by atoms with Crippen molar-refractivity contribution in [2.75, 3.05) is 5.73 Å². The lowest BCUT2D eigenvalue weighted by molar-refractivity contribution is -0.384. The van der Waals surface area contributed by atoms with Crippen molar-refractivity contribution >= 4 is 28.8 Å². The maximum absolute atomic E-state index is 12.8. The molecule has 0 fully saturated rings. The van der Waals surface area contributed by atoms with Crippen molar-refractivity contribution in [1.82, 2.24) is 9.78 Å². The van der Waals surface area contributed by atoms with Crippen LogP contribution in [0.25, 0.3) is 5.69 Å². The third-order valence-corrected chi connectivity index (χ3v) is 4.12. The van der Waals surface area contributed by atoms with E-state index in [1.807, 2.05) is 0 Å². The summed E-state index contributed by atoms with van der Waals surface area (Å²) in [6.45, 7) is 0. The number of carbonyl (C=O) groups excluding carboxylic acids is 1. The number of nitrogens with two attached hydrogens (primary N) is 1. The number of hydrogen-bond donors (Lipinski definition) is 1. The molecule has 138 valence electrons. The zero-order valence-corrected chi connectivity index (χ0v) is 14.8. The van der Waals surface area contributed by atoms with Gasteiger partial charge in [-0.15, -0.1) is 0 Å². The lowest BCUT2D eigenvalue weighted by Crippen LogP contribution is -2.29. The zero-order chi connectivity index (χ0) is 20.4.